The lowest BCUT2D eigenvalue weighted by Crippen LogP contribution is -2.44. The molecular weight excluding hydrogens is 258 g/mol. The van der Waals surface area contributed by atoms with Crippen LogP contribution < -0.4 is 5.32 Å². The summed E-state index contributed by atoms with van der Waals surface area (Å²) in [6, 6.07) is 6.58. The quantitative estimate of drug-likeness (QED) is 0.926. The molecule has 1 aliphatic heterocycles. The van der Waals surface area contributed by atoms with Crippen LogP contribution in [0.25, 0.3) is 0 Å². The van der Waals surface area contributed by atoms with E-state index >= 15 is 0 Å². The number of sulfone groups is 1. The zero-order valence-electron chi connectivity index (χ0n) is 12.2. The van der Waals surface area contributed by atoms with Crippen molar-refractivity contribution in [2.45, 2.75) is 45.7 Å². The first-order chi connectivity index (χ1) is 8.71. The maximum absolute atomic E-state index is 11.6. The van der Waals surface area contributed by atoms with Gasteiger partial charge in [-0.05, 0) is 50.8 Å². The standard InChI is InChI=1S/C15H23NO2S/c1-11-5-6-14(9-12(11)2)13(3)16-15(4)7-8-19(17,18)10-15/h5-6,9,13,16H,7-8,10H2,1-4H3. The molecule has 106 valence electrons. The van der Waals surface area contributed by atoms with Crippen molar-refractivity contribution in [2.75, 3.05) is 11.5 Å². The number of hydrogen-bond donors (Lipinski definition) is 1. The Morgan fingerprint density at radius 3 is 2.47 bits per heavy atom. The number of aryl methyl sites for hydroxylation is 2. The monoisotopic (exact) mass is 281 g/mol. The summed E-state index contributed by atoms with van der Waals surface area (Å²) in [4.78, 5) is 0. The highest BCUT2D eigenvalue weighted by Crippen LogP contribution is 2.27. The van der Waals surface area contributed by atoms with Crippen LogP contribution in [-0.2, 0) is 9.84 Å². The maximum Gasteiger partial charge on any atom is 0.152 e. The predicted molar refractivity (Wildman–Crippen MR) is 79.1 cm³/mol. The molecule has 0 aliphatic carbocycles. The van der Waals surface area contributed by atoms with E-state index in [1.807, 2.05) is 6.92 Å². The molecule has 1 fully saturated rings. The third kappa shape index (κ3) is 3.37. The Hall–Kier alpha value is -0.870. The van der Waals surface area contributed by atoms with Crippen LogP contribution in [0.1, 0.15) is 43.0 Å². The van der Waals surface area contributed by atoms with Crippen molar-refractivity contribution in [1.29, 1.82) is 0 Å². The highest BCUT2D eigenvalue weighted by Gasteiger charge is 2.38. The minimum Gasteiger partial charge on any atom is -0.304 e. The van der Waals surface area contributed by atoms with Gasteiger partial charge in [0.2, 0.25) is 0 Å². The zero-order valence-corrected chi connectivity index (χ0v) is 13.0. The van der Waals surface area contributed by atoms with Crippen LogP contribution in [0.2, 0.25) is 0 Å². The van der Waals surface area contributed by atoms with Gasteiger partial charge >= 0.3 is 0 Å². The molecule has 0 saturated carbocycles. The fourth-order valence-electron chi connectivity index (χ4n) is 2.76. The van der Waals surface area contributed by atoms with Crippen LogP contribution in [0.15, 0.2) is 18.2 Å². The van der Waals surface area contributed by atoms with Gasteiger partial charge < -0.3 is 5.32 Å². The fourth-order valence-corrected chi connectivity index (χ4v) is 4.87. The summed E-state index contributed by atoms with van der Waals surface area (Å²) in [5.41, 5.74) is 3.48. The molecule has 19 heavy (non-hydrogen) atoms. The van der Waals surface area contributed by atoms with Gasteiger partial charge in [-0.1, -0.05) is 18.2 Å². The molecule has 0 radical (unpaired) electrons. The summed E-state index contributed by atoms with van der Waals surface area (Å²) in [6.07, 6.45) is 0.699. The van der Waals surface area contributed by atoms with Gasteiger partial charge in [-0.3, -0.25) is 0 Å². The lowest BCUT2D eigenvalue weighted by Gasteiger charge is -2.29. The maximum atomic E-state index is 11.6. The van der Waals surface area contributed by atoms with Crippen LogP contribution in [0.3, 0.4) is 0 Å². The van der Waals surface area contributed by atoms with Crippen LogP contribution in [0, 0.1) is 13.8 Å². The van der Waals surface area contributed by atoms with E-state index in [9.17, 15) is 8.42 Å². The minimum atomic E-state index is -2.86. The molecule has 1 heterocycles. The number of nitrogens with one attached hydrogen (secondary N) is 1. The van der Waals surface area contributed by atoms with Gasteiger partial charge in [-0.25, -0.2) is 8.42 Å². The van der Waals surface area contributed by atoms with E-state index in [-0.39, 0.29) is 17.3 Å². The molecule has 1 aliphatic rings. The molecule has 2 rings (SSSR count). The summed E-state index contributed by atoms with van der Waals surface area (Å²) in [6.45, 7) is 8.31. The molecule has 1 aromatic rings. The summed E-state index contributed by atoms with van der Waals surface area (Å²) in [7, 11) is -2.86. The van der Waals surface area contributed by atoms with Gasteiger partial charge in [0.05, 0.1) is 11.5 Å². The van der Waals surface area contributed by atoms with Gasteiger partial charge in [-0.15, -0.1) is 0 Å². The van der Waals surface area contributed by atoms with E-state index in [4.69, 9.17) is 0 Å². The van der Waals surface area contributed by atoms with Crippen molar-refractivity contribution in [3.8, 4) is 0 Å². The summed E-state index contributed by atoms with van der Waals surface area (Å²) >= 11 is 0. The van der Waals surface area contributed by atoms with Gasteiger partial charge in [0.15, 0.2) is 9.84 Å². The average molecular weight is 281 g/mol. The van der Waals surface area contributed by atoms with Crippen LogP contribution in [-0.4, -0.2) is 25.5 Å². The fraction of sp³-hybridized carbons (Fsp3) is 0.600. The molecule has 1 N–H and O–H groups in total. The molecule has 0 bridgehead atoms. The van der Waals surface area contributed by atoms with E-state index < -0.39 is 9.84 Å². The first-order valence-corrected chi connectivity index (χ1v) is 8.58. The largest absolute Gasteiger partial charge is 0.304 e. The first kappa shape index (κ1) is 14.5. The third-order valence-electron chi connectivity index (χ3n) is 4.10. The molecule has 3 nitrogen and oxygen atoms in total. The Labute approximate surface area is 116 Å². The second-order valence-electron chi connectivity index (χ2n) is 6.11. The van der Waals surface area contributed by atoms with Gasteiger partial charge in [0, 0.05) is 11.6 Å². The van der Waals surface area contributed by atoms with Gasteiger partial charge in [-0.2, -0.15) is 0 Å². The molecule has 0 spiro atoms. The Kier molecular flexibility index (Phi) is 3.76. The van der Waals surface area contributed by atoms with E-state index in [0.29, 0.717) is 12.2 Å². The SMILES string of the molecule is Cc1ccc(C(C)NC2(C)CCS(=O)(=O)C2)cc1C. The van der Waals surface area contributed by atoms with Crippen molar-refractivity contribution >= 4 is 9.84 Å². The van der Waals surface area contributed by atoms with Crippen molar-refractivity contribution in [3.63, 3.8) is 0 Å². The molecule has 0 amide bonds. The van der Waals surface area contributed by atoms with Gasteiger partial charge in [0.1, 0.15) is 0 Å². The molecule has 1 aromatic carbocycles. The second kappa shape index (κ2) is 4.91. The molecule has 2 atom stereocenters. The Morgan fingerprint density at radius 2 is 1.95 bits per heavy atom. The Balaban J connectivity index is 2.13. The van der Waals surface area contributed by atoms with Crippen molar-refractivity contribution in [2.24, 2.45) is 0 Å². The van der Waals surface area contributed by atoms with Crippen LogP contribution >= 0.6 is 0 Å². The Bertz CT molecular complexity index is 580. The van der Waals surface area contributed by atoms with Crippen LogP contribution in [0.5, 0.6) is 0 Å². The van der Waals surface area contributed by atoms with Crippen LogP contribution in [0.4, 0.5) is 0 Å². The number of benzene rings is 1. The van der Waals surface area contributed by atoms with Gasteiger partial charge in [0.25, 0.3) is 0 Å². The highest BCUT2D eigenvalue weighted by molar-refractivity contribution is 7.91. The average Bonchev–Trinajstić information content (AvgIpc) is 2.56. The highest BCUT2D eigenvalue weighted by atomic mass is 32.2. The lowest BCUT2D eigenvalue weighted by atomic mass is 9.97. The van der Waals surface area contributed by atoms with E-state index in [2.05, 4.69) is 44.3 Å². The van der Waals surface area contributed by atoms with E-state index in [1.54, 1.807) is 0 Å². The van der Waals surface area contributed by atoms with Crippen molar-refractivity contribution in [1.82, 2.24) is 5.32 Å². The third-order valence-corrected chi connectivity index (χ3v) is 6.00. The second-order valence-corrected chi connectivity index (χ2v) is 8.30. The normalized spacial score (nSPS) is 27.4. The number of hydrogen-bond acceptors (Lipinski definition) is 3. The topological polar surface area (TPSA) is 46.2 Å². The summed E-state index contributed by atoms with van der Waals surface area (Å²) in [5.74, 6) is 0.547. The molecular formula is C15H23NO2S. The molecule has 2 unspecified atom stereocenters. The smallest absolute Gasteiger partial charge is 0.152 e. The molecule has 4 heteroatoms. The van der Waals surface area contributed by atoms with E-state index in [0.717, 1.165) is 0 Å². The number of rotatable bonds is 3. The summed E-state index contributed by atoms with van der Waals surface area (Å²) < 4.78 is 23.2. The van der Waals surface area contributed by atoms with Crippen molar-refractivity contribution < 1.29 is 8.42 Å². The summed E-state index contributed by atoms with van der Waals surface area (Å²) in [5, 5.41) is 3.49. The molecule has 0 aromatic heterocycles. The zero-order chi connectivity index (χ0) is 14.3. The molecule has 1 saturated heterocycles. The first-order valence-electron chi connectivity index (χ1n) is 6.76. The predicted octanol–water partition coefficient (Wildman–Crippen LogP) is 2.53. The Morgan fingerprint density at radius 1 is 1.26 bits per heavy atom. The minimum absolute atomic E-state index is 0.164. The van der Waals surface area contributed by atoms with Crippen molar-refractivity contribution in [3.05, 3.63) is 34.9 Å². The lowest BCUT2D eigenvalue weighted by molar-refractivity contribution is 0.355. The van der Waals surface area contributed by atoms with E-state index in [1.165, 1.54) is 16.7 Å².